The fraction of sp³-hybridized carbons (Fsp3) is 0.235. The van der Waals surface area contributed by atoms with Crippen molar-refractivity contribution in [3.63, 3.8) is 0 Å². The highest BCUT2D eigenvalue weighted by Gasteiger charge is 2.05. The van der Waals surface area contributed by atoms with Crippen LogP contribution < -0.4 is 14.8 Å². The van der Waals surface area contributed by atoms with E-state index >= 15 is 0 Å². The maximum atomic E-state index is 11.8. The Kier molecular flexibility index (Phi) is 6.10. The maximum absolute atomic E-state index is 11.8. The van der Waals surface area contributed by atoms with E-state index in [1.165, 1.54) is 0 Å². The molecule has 116 valence electrons. The maximum Gasteiger partial charge on any atom is 0.258 e. The second kappa shape index (κ2) is 8.29. The van der Waals surface area contributed by atoms with Crippen molar-refractivity contribution in [2.24, 2.45) is 0 Å². The second-order valence-electron chi connectivity index (χ2n) is 4.56. The lowest BCUT2D eigenvalue weighted by Gasteiger charge is -2.09. The van der Waals surface area contributed by atoms with E-state index in [0.717, 1.165) is 11.3 Å². The molecule has 0 radical (unpaired) electrons. The van der Waals surface area contributed by atoms with E-state index in [4.69, 9.17) is 21.1 Å². The van der Waals surface area contributed by atoms with Crippen LogP contribution in [0.4, 0.5) is 0 Å². The summed E-state index contributed by atoms with van der Waals surface area (Å²) in [7, 11) is 0. The summed E-state index contributed by atoms with van der Waals surface area (Å²) in [5.74, 6) is 1.20. The number of ether oxygens (including phenoxy) is 2. The average Bonchev–Trinajstić information content (AvgIpc) is 2.54. The number of nitrogens with one attached hydrogen (secondary N) is 1. The third-order valence-electron chi connectivity index (χ3n) is 2.94. The lowest BCUT2D eigenvalue weighted by atomic mass is 10.2. The molecule has 2 rings (SSSR count). The topological polar surface area (TPSA) is 47.6 Å². The second-order valence-corrected chi connectivity index (χ2v) is 4.97. The summed E-state index contributed by atoms with van der Waals surface area (Å²) < 4.78 is 10.8. The molecule has 1 N–H and O–H groups in total. The molecule has 22 heavy (non-hydrogen) atoms. The number of halogens is 1. The van der Waals surface area contributed by atoms with Crippen molar-refractivity contribution in [1.29, 1.82) is 0 Å². The van der Waals surface area contributed by atoms with E-state index in [1.54, 1.807) is 30.3 Å². The van der Waals surface area contributed by atoms with Gasteiger partial charge in [-0.1, -0.05) is 29.8 Å². The van der Waals surface area contributed by atoms with E-state index in [2.05, 4.69) is 5.32 Å². The van der Waals surface area contributed by atoms with Crippen LogP contribution in [0.1, 0.15) is 12.5 Å². The van der Waals surface area contributed by atoms with Gasteiger partial charge in [0.05, 0.1) is 6.61 Å². The van der Waals surface area contributed by atoms with Gasteiger partial charge < -0.3 is 14.8 Å². The van der Waals surface area contributed by atoms with Gasteiger partial charge in [-0.3, -0.25) is 4.79 Å². The van der Waals surface area contributed by atoms with E-state index in [1.807, 2.05) is 25.1 Å². The molecule has 2 aromatic carbocycles. The van der Waals surface area contributed by atoms with Crippen molar-refractivity contribution in [2.75, 3.05) is 13.2 Å². The van der Waals surface area contributed by atoms with Crippen molar-refractivity contribution < 1.29 is 14.3 Å². The van der Waals surface area contributed by atoms with Crippen LogP contribution in [-0.2, 0) is 11.3 Å². The van der Waals surface area contributed by atoms with Crippen LogP contribution in [0.25, 0.3) is 0 Å². The molecule has 0 saturated heterocycles. The van der Waals surface area contributed by atoms with Crippen LogP contribution in [0.3, 0.4) is 0 Å². The molecule has 4 nitrogen and oxygen atoms in total. The molecule has 0 bridgehead atoms. The van der Waals surface area contributed by atoms with Crippen LogP contribution in [0.2, 0.25) is 5.02 Å². The smallest absolute Gasteiger partial charge is 0.258 e. The molecule has 0 unspecified atom stereocenters. The van der Waals surface area contributed by atoms with Gasteiger partial charge in [-0.15, -0.1) is 0 Å². The molecular weight excluding hydrogens is 302 g/mol. The van der Waals surface area contributed by atoms with E-state index in [-0.39, 0.29) is 12.5 Å². The van der Waals surface area contributed by atoms with Gasteiger partial charge in [-0.25, -0.2) is 0 Å². The predicted octanol–water partition coefficient (Wildman–Crippen LogP) is 3.43. The van der Waals surface area contributed by atoms with Gasteiger partial charge in [0.2, 0.25) is 0 Å². The van der Waals surface area contributed by atoms with Crippen molar-refractivity contribution in [3.8, 4) is 11.5 Å². The SMILES string of the molecule is CCOc1ccc(OCC(=O)NCc2ccccc2Cl)cc1. The van der Waals surface area contributed by atoms with Gasteiger partial charge >= 0.3 is 0 Å². The zero-order chi connectivity index (χ0) is 15.8. The number of rotatable bonds is 7. The van der Waals surface area contributed by atoms with Crippen molar-refractivity contribution in [1.82, 2.24) is 5.32 Å². The summed E-state index contributed by atoms with van der Waals surface area (Å²) in [6.07, 6.45) is 0. The molecule has 0 fully saturated rings. The number of carbonyl (C=O) groups excluding carboxylic acids is 1. The Morgan fingerprint density at radius 1 is 1.05 bits per heavy atom. The lowest BCUT2D eigenvalue weighted by molar-refractivity contribution is -0.123. The minimum Gasteiger partial charge on any atom is -0.494 e. The van der Waals surface area contributed by atoms with Gasteiger partial charge in [0.15, 0.2) is 6.61 Å². The molecule has 2 aromatic rings. The molecule has 1 amide bonds. The average molecular weight is 320 g/mol. The minimum atomic E-state index is -0.200. The quantitative estimate of drug-likeness (QED) is 0.850. The van der Waals surface area contributed by atoms with Crippen LogP contribution in [0.15, 0.2) is 48.5 Å². The zero-order valence-electron chi connectivity index (χ0n) is 12.3. The van der Waals surface area contributed by atoms with E-state index < -0.39 is 0 Å². The first-order chi connectivity index (χ1) is 10.7. The number of hydrogen-bond donors (Lipinski definition) is 1. The summed E-state index contributed by atoms with van der Waals surface area (Å²) >= 11 is 6.03. The van der Waals surface area contributed by atoms with Gasteiger partial charge in [0.1, 0.15) is 11.5 Å². The Labute approximate surface area is 135 Å². The normalized spacial score (nSPS) is 10.1. The summed E-state index contributed by atoms with van der Waals surface area (Å²) in [6.45, 7) is 2.88. The Morgan fingerprint density at radius 2 is 1.68 bits per heavy atom. The third-order valence-corrected chi connectivity index (χ3v) is 3.31. The van der Waals surface area contributed by atoms with E-state index in [0.29, 0.717) is 23.9 Å². The Bertz CT molecular complexity index is 614. The summed E-state index contributed by atoms with van der Waals surface area (Å²) in [4.78, 5) is 11.8. The van der Waals surface area contributed by atoms with Gasteiger partial charge in [0.25, 0.3) is 5.91 Å². The van der Waals surface area contributed by atoms with Crippen LogP contribution in [0.5, 0.6) is 11.5 Å². The van der Waals surface area contributed by atoms with Crippen LogP contribution >= 0.6 is 11.6 Å². The molecule has 0 saturated carbocycles. The van der Waals surface area contributed by atoms with Crippen molar-refractivity contribution >= 4 is 17.5 Å². The van der Waals surface area contributed by atoms with Crippen molar-refractivity contribution in [2.45, 2.75) is 13.5 Å². The molecule has 0 aliphatic rings. The summed E-state index contributed by atoms with van der Waals surface area (Å²) in [5.41, 5.74) is 0.874. The zero-order valence-corrected chi connectivity index (χ0v) is 13.1. The molecule has 0 spiro atoms. The Morgan fingerprint density at radius 3 is 2.32 bits per heavy atom. The van der Waals surface area contributed by atoms with Gasteiger partial charge in [0, 0.05) is 11.6 Å². The molecule has 0 aliphatic carbocycles. The Hall–Kier alpha value is -2.20. The fourth-order valence-electron chi connectivity index (χ4n) is 1.83. The first kappa shape index (κ1) is 16.2. The molecular formula is C17H18ClNO3. The predicted molar refractivity (Wildman–Crippen MR) is 86.4 cm³/mol. The number of benzene rings is 2. The molecule has 0 aromatic heterocycles. The van der Waals surface area contributed by atoms with Crippen LogP contribution in [0, 0.1) is 0 Å². The molecule has 0 atom stereocenters. The molecule has 5 heteroatoms. The highest BCUT2D eigenvalue weighted by atomic mass is 35.5. The van der Waals surface area contributed by atoms with Crippen LogP contribution in [-0.4, -0.2) is 19.1 Å². The van der Waals surface area contributed by atoms with Gasteiger partial charge in [-0.05, 0) is 42.8 Å². The third kappa shape index (κ3) is 4.97. The minimum absolute atomic E-state index is 0.0432. The lowest BCUT2D eigenvalue weighted by Crippen LogP contribution is -2.28. The standard InChI is InChI=1S/C17H18ClNO3/c1-2-21-14-7-9-15(10-8-14)22-12-17(20)19-11-13-5-3-4-6-16(13)18/h3-10H,2,11-12H2,1H3,(H,19,20). The highest BCUT2D eigenvalue weighted by molar-refractivity contribution is 6.31. The fourth-order valence-corrected chi connectivity index (χ4v) is 2.04. The summed E-state index contributed by atoms with van der Waals surface area (Å²) in [5, 5.41) is 3.40. The van der Waals surface area contributed by atoms with Crippen molar-refractivity contribution in [3.05, 3.63) is 59.1 Å². The summed E-state index contributed by atoms with van der Waals surface area (Å²) in [6, 6.07) is 14.5. The molecule has 0 heterocycles. The first-order valence-electron chi connectivity index (χ1n) is 7.05. The number of carbonyl (C=O) groups is 1. The Balaban J connectivity index is 1.76. The highest BCUT2D eigenvalue weighted by Crippen LogP contribution is 2.17. The largest absolute Gasteiger partial charge is 0.494 e. The van der Waals surface area contributed by atoms with Gasteiger partial charge in [-0.2, -0.15) is 0 Å². The molecule has 0 aliphatic heterocycles. The monoisotopic (exact) mass is 319 g/mol. The first-order valence-corrected chi connectivity index (χ1v) is 7.42. The van der Waals surface area contributed by atoms with E-state index in [9.17, 15) is 4.79 Å². The number of hydrogen-bond acceptors (Lipinski definition) is 3. The number of amides is 1.